The molecule has 1 aromatic heterocycles. The molecule has 0 atom stereocenters. The molecule has 0 amide bonds. The fraction of sp³-hybridized carbons (Fsp3) is 0.143. The summed E-state index contributed by atoms with van der Waals surface area (Å²) in [5, 5.41) is 8.64. The van der Waals surface area contributed by atoms with E-state index >= 15 is 0 Å². The Balaban J connectivity index is 0.00000196. The van der Waals surface area contributed by atoms with Gasteiger partial charge in [-0.15, -0.1) is 0 Å². The van der Waals surface area contributed by atoms with Gasteiger partial charge >= 0.3 is 24.8 Å². The van der Waals surface area contributed by atoms with Crippen LogP contribution >= 0.6 is 34.8 Å². The fourth-order valence-corrected chi connectivity index (χ4v) is 1.20. The average molecular weight is 264 g/mol. The number of hydrogen-bond acceptors (Lipinski definition) is 3. The summed E-state index contributed by atoms with van der Waals surface area (Å²) in [5.41, 5.74) is 0. The van der Waals surface area contributed by atoms with Crippen molar-refractivity contribution < 1.29 is 14.6 Å². The maximum absolute atomic E-state index is 10.2. The number of aliphatic carboxylic acids is 1. The first-order valence-corrected chi connectivity index (χ1v) is 4.50. The van der Waals surface area contributed by atoms with E-state index in [0.717, 1.165) is 0 Å². The van der Waals surface area contributed by atoms with E-state index in [9.17, 15) is 4.79 Å². The monoisotopic (exact) mass is 263 g/mol. The van der Waals surface area contributed by atoms with Crippen molar-refractivity contribution in [3.63, 3.8) is 0 Å². The van der Waals surface area contributed by atoms with Crippen LogP contribution in [-0.4, -0.2) is 41.5 Å². The molecule has 0 aliphatic carbocycles. The predicted octanol–water partition coefficient (Wildman–Crippen LogP) is 1.86. The second-order valence-electron chi connectivity index (χ2n) is 2.23. The van der Waals surface area contributed by atoms with Crippen LogP contribution in [0, 0.1) is 0 Å². The summed E-state index contributed by atoms with van der Waals surface area (Å²) in [6, 6.07) is 1.33. The Morgan fingerprint density at radius 3 is 2.53 bits per heavy atom. The van der Waals surface area contributed by atoms with Crippen molar-refractivity contribution in [3.8, 4) is 5.88 Å². The van der Waals surface area contributed by atoms with Gasteiger partial charge in [0.25, 0.3) is 0 Å². The van der Waals surface area contributed by atoms with Crippen LogP contribution in [-0.2, 0) is 4.79 Å². The van der Waals surface area contributed by atoms with Crippen molar-refractivity contribution in [1.82, 2.24) is 4.98 Å². The van der Waals surface area contributed by atoms with Crippen LogP contribution in [0.15, 0.2) is 6.07 Å². The summed E-state index contributed by atoms with van der Waals surface area (Å²) in [6.45, 7) is -0.537. The van der Waals surface area contributed by atoms with Crippen LogP contribution in [0.2, 0.25) is 15.2 Å². The quantitative estimate of drug-likeness (QED) is 0.668. The van der Waals surface area contributed by atoms with Crippen LogP contribution in [0.3, 0.4) is 0 Å². The number of aromatic nitrogens is 1. The second-order valence-corrected chi connectivity index (χ2v) is 3.40. The average Bonchev–Trinajstić information content (AvgIpc) is 2.09. The molecule has 0 saturated carbocycles. The van der Waals surface area contributed by atoms with Crippen molar-refractivity contribution in [3.05, 3.63) is 21.3 Å². The van der Waals surface area contributed by atoms with Gasteiger partial charge in [0.05, 0.1) is 5.02 Å². The molecule has 0 bridgehead atoms. The number of rotatable bonds is 3. The molecule has 0 aliphatic heterocycles. The molecule has 1 heterocycles. The molecule has 1 N–H and O–H groups in total. The Morgan fingerprint density at radius 1 is 1.40 bits per heavy atom. The molecule has 8 heteroatoms. The molecule has 1 rings (SSSR count). The zero-order chi connectivity index (χ0) is 10.7. The van der Waals surface area contributed by atoms with Crippen LogP contribution in [0.5, 0.6) is 5.88 Å². The van der Waals surface area contributed by atoms with Crippen LogP contribution in [0.25, 0.3) is 0 Å². The van der Waals surface area contributed by atoms with Crippen LogP contribution < -0.4 is 4.74 Å². The minimum atomic E-state index is -1.13. The van der Waals surface area contributed by atoms with Crippen molar-refractivity contribution in [1.29, 1.82) is 0 Å². The third-order valence-electron chi connectivity index (χ3n) is 1.19. The van der Waals surface area contributed by atoms with E-state index in [1.807, 2.05) is 0 Å². The Bertz CT molecular complexity index is 375. The first-order valence-electron chi connectivity index (χ1n) is 3.37. The summed E-state index contributed by atoms with van der Waals surface area (Å²) in [4.78, 5) is 13.8. The zero-order valence-corrected chi connectivity index (χ0v) is 8.90. The van der Waals surface area contributed by atoms with Crippen LogP contribution in [0.1, 0.15) is 0 Å². The Hall–Kier alpha value is -0.113. The van der Waals surface area contributed by atoms with Gasteiger partial charge in [0, 0.05) is 0 Å². The van der Waals surface area contributed by atoms with E-state index in [1.54, 1.807) is 0 Å². The number of carbonyl (C=O) groups is 1. The summed E-state index contributed by atoms with van der Waals surface area (Å²) in [6.07, 6.45) is 0. The molecule has 0 fully saturated rings. The molecule has 0 radical (unpaired) electrons. The van der Waals surface area contributed by atoms with Crippen molar-refractivity contribution >= 4 is 59.6 Å². The van der Waals surface area contributed by atoms with Gasteiger partial charge in [0.1, 0.15) is 5.02 Å². The minimum absolute atomic E-state index is 0. The van der Waals surface area contributed by atoms with E-state index in [4.69, 9.17) is 44.6 Å². The van der Waals surface area contributed by atoms with Crippen molar-refractivity contribution in [2.75, 3.05) is 6.61 Å². The number of carboxylic acid groups (broad SMARTS) is 1. The van der Waals surface area contributed by atoms with E-state index in [0.29, 0.717) is 0 Å². The van der Waals surface area contributed by atoms with Gasteiger partial charge in [0.2, 0.25) is 5.88 Å². The predicted molar refractivity (Wildman–Crippen MR) is 59.5 cm³/mol. The van der Waals surface area contributed by atoms with E-state index in [-0.39, 0.29) is 39.9 Å². The third-order valence-corrected chi connectivity index (χ3v) is 2.13. The molecule has 0 aliphatic rings. The van der Waals surface area contributed by atoms with Gasteiger partial charge in [-0.3, -0.25) is 0 Å². The first kappa shape index (κ1) is 14.9. The Labute approximate surface area is 113 Å². The second kappa shape index (κ2) is 6.47. The third kappa shape index (κ3) is 4.50. The maximum atomic E-state index is 10.2. The summed E-state index contributed by atoms with van der Waals surface area (Å²) in [5.74, 6) is -1.18. The molecular weight excluding hydrogens is 259 g/mol. The number of pyridine rings is 1. The molecule has 78 valence electrons. The summed E-state index contributed by atoms with van der Waals surface area (Å²) < 4.78 is 4.75. The van der Waals surface area contributed by atoms with Crippen LogP contribution in [0.4, 0.5) is 0 Å². The van der Waals surface area contributed by atoms with E-state index < -0.39 is 12.6 Å². The number of ether oxygens (including phenoxy) is 1. The van der Waals surface area contributed by atoms with Gasteiger partial charge in [-0.1, -0.05) is 34.8 Å². The molecule has 4 nitrogen and oxygen atoms in total. The molecule has 0 aromatic carbocycles. The normalized spacial score (nSPS) is 9.27. The number of carboxylic acids is 1. The van der Waals surface area contributed by atoms with Gasteiger partial charge in [-0.25, -0.2) is 4.79 Å². The zero-order valence-electron chi connectivity index (χ0n) is 6.63. The standard InChI is InChI=1S/C7H4Cl3NO3.Li.H/c8-3-1-4(9)7(11-6(3)10)14-2-5(12)13;;/h1H,2H2,(H,12,13);;. The van der Waals surface area contributed by atoms with Gasteiger partial charge in [-0.2, -0.15) is 4.98 Å². The Morgan fingerprint density at radius 2 is 2.00 bits per heavy atom. The van der Waals surface area contributed by atoms with E-state index in [2.05, 4.69) is 4.98 Å². The van der Waals surface area contributed by atoms with Crippen molar-refractivity contribution in [2.45, 2.75) is 0 Å². The number of nitrogens with zero attached hydrogens (tertiary/aromatic N) is 1. The van der Waals surface area contributed by atoms with Gasteiger partial charge in [-0.05, 0) is 6.07 Å². The number of hydrogen-bond donors (Lipinski definition) is 1. The molecule has 0 unspecified atom stereocenters. The van der Waals surface area contributed by atoms with Crippen molar-refractivity contribution in [2.24, 2.45) is 0 Å². The molecule has 0 saturated heterocycles. The summed E-state index contributed by atoms with van der Waals surface area (Å²) in [7, 11) is 0. The van der Waals surface area contributed by atoms with Gasteiger partial charge in [0.15, 0.2) is 11.8 Å². The first-order chi connectivity index (χ1) is 6.50. The fourth-order valence-electron chi connectivity index (χ4n) is 0.660. The summed E-state index contributed by atoms with van der Waals surface area (Å²) >= 11 is 16.8. The van der Waals surface area contributed by atoms with E-state index in [1.165, 1.54) is 6.07 Å². The molecule has 15 heavy (non-hydrogen) atoms. The molecule has 1 aromatic rings. The Kier molecular flexibility index (Phi) is 6.42. The SMILES string of the molecule is O=C(O)COc1nc(Cl)c(Cl)cc1Cl.[LiH]. The topological polar surface area (TPSA) is 59.4 Å². The number of halogens is 3. The van der Waals surface area contributed by atoms with Gasteiger partial charge < -0.3 is 9.84 Å². The molecule has 0 spiro atoms. The molecular formula is C7H5Cl3LiNO3.